The van der Waals surface area contributed by atoms with Crippen molar-refractivity contribution in [1.29, 1.82) is 0 Å². The number of aryl methyl sites for hydroxylation is 2. The first-order chi connectivity index (χ1) is 9.61. The van der Waals surface area contributed by atoms with E-state index < -0.39 is 5.97 Å². The van der Waals surface area contributed by atoms with Gasteiger partial charge >= 0.3 is 5.97 Å². The van der Waals surface area contributed by atoms with Gasteiger partial charge < -0.3 is 4.74 Å². The minimum absolute atomic E-state index is 0.343. The van der Waals surface area contributed by atoms with Gasteiger partial charge in [-0.1, -0.05) is 29.8 Å². The number of thiophene rings is 1. The molecule has 1 aliphatic rings. The third-order valence-electron chi connectivity index (χ3n) is 2.95. The zero-order chi connectivity index (χ0) is 14.1. The Morgan fingerprint density at radius 2 is 1.85 bits per heavy atom. The van der Waals surface area contributed by atoms with E-state index in [0.29, 0.717) is 11.6 Å². The number of esters is 1. The van der Waals surface area contributed by atoms with Gasteiger partial charge in [-0.05, 0) is 37.6 Å². The lowest BCUT2D eigenvalue weighted by molar-refractivity contribution is -0.129. The minimum atomic E-state index is -0.397. The highest BCUT2D eigenvalue weighted by atomic mass is 32.1. The van der Waals surface area contributed by atoms with Gasteiger partial charge in [-0.25, -0.2) is 9.79 Å². The Morgan fingerprint density at radius 3 is 2.50 bits per heavy atom. The number of rotatable bonds is 2. The molecule has 0 radical (unpaired) electrons. The van der Waals surface area contributed by atoms with Crippen LogP contribution in [-0.2, 0) is 9.53 Å². The fraction of sp³-hybridized carbons (Fsp3) is 0.125. The van der Waals surface area contributed by atoms with E-state index in [1.165, 1.54) is 5.56 Å². The molecule has 0 unspecified atom stereocenters. The van der Waals surface area contributed by atoms with E-state index in [9.17, 15) is 4.79 Å². The third-order valence-corrected chi connectivity index (χ3v) is 3.94. The molecule has 1 aromatic carbocycles. The van der Waals surface area contributed by atoms with Crippen LogP contribution in [0, 0.1) is 13.8 Å². The second-order valence-corrected chi connectivity index (χ2v) is 5.94. The van der Waals surface area contributed by atoms with Crippen LogP contribution in [0.1, 0.15) is 20.9 Å². The Bertz CT molecular complexity index is 723. The van der Waals surface area contributed by atoms with E-state index >= 15 is 0 Å². The standard InChI is InChI=1S/C16H13NO2S/c1-10-3-6-12(7-4-10)9-13-16(18)19-15(17-13)14-8-5-11(2)20-14/h3-9H,1-2H3/b13-9-. The molecule has 0 atom stereocenters. The number of nitrogens with zero attached hydrogens (tertiary/aromatic N) is 1. The average molecular weight is 283 g/mol. The molecule has 0 saturated heterocycles. The molecule has 0 fully saturated rings. The van der Waals surface area contributed by atoms with Crippen LogP contribution in [0.4, 0.5) is 0 Å². The quantitative estimate of drug-likeness (QED) is 0.622. The molecule has 0 bridgehead atoms. The normalized spacial score (nSPS) is 16.4. The van der Waals surface area contributed by atoms with Gasteiger partial charge in [0.15, 0.2) is 5.70 Å². The summed E-state index contributed by atoms with van der Waals surface area (Å²) in [5.74, 6) is -0.00177. The van der Waals surface area contributed by atoms with Crippen molar-refractivity contribution in [2.24, 2.45) is 4.99 Å². The SMILES string of the molecule is Cc1ccc(/C=C2\N=C(c3ccc(C)s3)OC2=O)cc1. The molecule has 0 amide bonds. The van der Waals surface area contributed by atoms with Gasteiger partial charge in [0.05, 0.1) is 4.88 Å². The van der Waals surface area contributed by atoms with Crippen LogP contribution < -0.4 is 0 Å². The Morgan fingerprint density at radius 1 is 1.10 bits per heavy atom. The van der Waals surface area contributed by atoms with E-state index in [4.69, 9.17) is 4.74 Å². The van der Waals surface area contributed by atoms with Crippen molar-refractivity contribution in [3.63, 3.8) is 0 Å². The number of hydrogen-bond donors (Lipinski definition) is 0. The molecule has 3 rings (SSSR count). The number of aliphatic imine (C=N–C) groups is 1. The van der Waals surface area contributed by atoms with Crippen LogP contribution in [0.25, 0.3) is 6.08 Å². The van der Waals surface area contributed by atoms with Gasteiger partial charge in [-0.15, -0.1) is 11.3 Å². The molecule has 0 N–H and O–H groups in total. The molecule has 0 aliphatic carbocycles. The first-order valence-electron chi connectivity index (χ1n) is 6.28. The third kappa shape index (κ3) is 2.56. The van der Waals surface area contributed by atoms with Gasteiger partial charge in [-0.2, -0.15) is 0 Å². The van der Waals surface area contributed by atoms with Crippen LogP contribution in [-0.4, -0.2) is 11.9 Å². The molecular weight excluding hydrogens is 270 g/mol. The van der Waals surface area contributed by atoms with Gasteiger partial charge in [0.1, 0.15) is 0 Å². The monoisotopic (exact) mass is 283 g/mol. The molecule has 0 spiro atoms. The van der Waals surface area contributed by atoms with Gasteiger partial charge in [0.25, 0.3) is 0 Å². The van der Waals surface area contributed by atoms with E-state index in [1.807, 2.05) is 50.2 Å². The second kappa shape index (κ2) is 5.06. The molecule has 0 saturated carbocycles. The predicted molar refractivity (Wildman–Crippen MR) is 80.8 cm³/mol. The van der Waals surface area contributed by atoms with Gasteiger partial charge in [-0.3, -0.25) is 0 Å². The fourth-order valence-corrected chi connectivity index (χ4v) is 2.68. The molecule has 100 valence electrons. The molecule has 2 aromatic rings. The largest absolute Gasteiger partial charge is 0.401 e. The Hall–Kier alpha value is -2.20. The molecule has 1 aliphatic heterocycles. The predicted octanol–water partition coefficient (Wildman–Crippen LogP) is 3.71. The summed E-state index contributed by atoms with van der Waals surface area (Å²) >= 11 is 1.56. The molecule has 4 heteroatoms. The van der Waals surface area contributed by atoms with E-state index in [-0.39, 0.29) is 0 Å². The lowest BCUT2D eigenvalue weighted by Gasteiger charge is -1.95. The van der Waals surface area contributed by atoms with Gasteiger partial charge in [0.2, 0.25) is 5.90 Å². The van der Waals surface area contributed by atoms with Crippen LogP contribution in [0.3, 0.4) is 0 Å². The number of carbonyl (C=O) groups excluding carboxylic acids is 1. The lowest BCUT2D eigenvalue weighted by atomic mass is 10.1. The number of benzene rings is 1. The highest BCUT2D eigenvalue weighted by Gasteiger charge is 2.24. The van der Waals surface area contributed by atoms with E-state index in [1.54, 1.807) is 17.4 Å². The van der Waals surface area contributed by atoms with Crippen molar-refractivity contribution in [1.82, 2.24) is 0 Å². The maximum atomic E-state index is 11.8. The zero-order valence-electron chi connectivity index (χ0n) is 11.2. The van der Waals surface area contributed by atoms with Crippen LogP contribution in [0.5, 0.6) is 0 Å². The van der Waals surface area contributed by atoms with Gasteiger partial charge in [0, 0.05) is 4.88 Å². The first kappa shape index (κ1) is 12.8. The molecule has 20 heavy (non-hydrogen) atoms. The number of ether oxygens (including phenoxy) is 1. The summed E-state index contributed by atoms with van der Waals surface area (Å²) in [5, 5.41) is 0. The van der Waals surface area contributed by atoms with E-state index in [2.05, 4.69) is 4.99 Å². The topological polar surface area (TPSA) is 38.7 Å². The summed E-state index contributed by atoms with van der Waals surface area (Å²) in [4.78, 5) is 18.2. The minimum Gasteiger partial charge on any atom is -0.401 e. The van der Waals surface area contributed by atoms with Crippen molar-refractivity contribution in [2.45, 2.75) is 13.8 Å². The Kier molecular flexibility index (Phi) is 3.24. The molecular formula is C16H13NO2S. The fourth-order valence-electron chi connectivity index (χ4n) is 1.88. The molecule has 2 heterocycles. The van der Waals surface area contributed by atoms with Crippen LogP contribution in [0.15, 0.2) is 47.1 Å². The average Bonchev–Trinajstić information content (AvgIpc) is 3.00. The Labute approximate surface area is 121 Å². The summed E-state index contributed by atoms with van der Waals surface area (Å²) in [6, 6.07) is 11.8. The summed E-state index contributed by atoms with van der Waals surface area (Å²) in [6.45, 7) is 4.03. The summed E-state index contributed by atoms with van der Waals surface area (Å²) < 4.78 is 5.22. The smallest absolute Gasteiger partial charge is 0.363 e. The summed E-state index contributed by atoms with van der Waals surface area (Å²) in [7, 11) is 0. The first-order valence-corrected chi connectivity index (χ1v) is 7.09. The number of carbonyl (C=O) groups is 1. The Balaban J connectivity index is 1.92. The highest BCUT2D eigenvalue weighted by Crippen LogP contribution is 2.23. The van der Waals surface area contributed by atoms with Crippen molar-refractivity contribution in [2.75, 3.05) is 0 Å². The molecule has 1 aromatic heterocycles. The van der Waals surface area contributed by atoms with Crippen molar-refractivity contribution < 1.29 is 9.53 Å². The van der Waals surface area contributed by atoms with E-state index in [0.717, 1.165) is 15.3 Å². The second-order valence-electron chi connectivity index (χ2n) is 4.66. The van der Waals surface area contributed by atoms with Crippen LogP contribution in [0.2, 0.25) is 0 Å². The summed E-state index contributed by atoms with van der Waals surface area (Å²) in [6.07, 6.45) is 1.75. The molecule has 3 nitrogen and oxygen atoms in total. The number of cyclic esters (lactones) is 1. The lowest BCUT2D eigenvalue weighted by Crippen LogP contribution is -2.03. The number of hydrogen-bond acceptors (Lipinski definition) is 4. The van der Waals surface area contributed by atoms with Crippen LogP contribution >= 0.6 is 11.3 Å². The zero-order valence-corrected chi connectivity index (χ0v) is 12.0. The summed E-state index contributed by atoms with van der Waals surface area (Å²) in [5.41, 5.74) is 2.46. The van der Waals surface area contributed by atoms with Crippen molar-refractivity contribution >= 4 is 29.3 Å². The maximum Gasteiger partial charge on any atom is 0.363 e. The highest BCUT2D eigenvalue weighted by molar-refractivity contribution is 7.14. The maximum absolute atomic E-state index is 11.8. The van der Waals surface area contributed by atoms with Crippen molar-refractivity contribution in [3.8, 4) is 0 Å². The van der Waals surface area contributed by atoms with Crippen molar-refractivity contribution in [3.05, 3.63) is 63.0 Å².